The molecule has 0 spiro atoms. The van der Waals surface area contributed by atoms with Gasteiger partial charge in [0.05, 0.1) is 42.4 Å². The molecule has 1 amide bonds. The van der Waals surface area contributed by atoms with Crippen LogP contribution < -0.4 is 4.74 Å². The fraction of sp³-hybridized carbons (Fsp3) is 0.407. The Hall–Kier alpha value is -3.55. The van der Waals surface area contributed by atoms with E-state index in [2.05, 4.69) is 16.8 Å². The van der Waals surface area contributed by atoms with Gasteiger partial charge in [0.25, 0.3) is 5.91 Å². The Labute approximate surface area is 215 Å². The van der Waals surface area contributed by atoms with Crippen molar-refractivity contribution < 1.29 is 31.6 Å². The number of aromatic nitrogens is 2. The van der Waals surface area contributed by atoms with E-state index in [1.165, 1.54) is 18.2 Å². The number of hydrogen-bond donors (Lipinski definition) is 0. The minimum atomic E-state index is -3.14. The van der Waals surface area contributed by atoms with Gasteiger partial charge in [0.2, 0.25) is 0 Å². The van der Waals surface area contributed by atoms with Gasteiger partial charge in [0.15, 0.2) is 5.67 Å². The van der Waals surface area contributed by atoms with E-state index in [1.807, 2.05) is 4.90 Å². The van der Waals surface area contributed by atoms with Crippen LogP contribution in [0.3, 0.4) is 0 Å². The van der Waals surface area contributed by atoms with Crippen LogP contribution in [-0.2, 0) is 4.74 Å². The van der Waals surface area contributed by atoms with Crippen LogP contribution in [-0.4, -0.2) is 76.9 Å². The maximum absolute atomic E-state index is 15.1. The number of alkyl halides is 3. The maximum Gasteiger partial charge on any atom is 0.387 e. The molecule has 2 saturated heterocycles. The molecule has 3 aromatic rings. The van der Waals surface area contributed by atoms with Crippen LogP contribution in [0.4, 0.5) is 13.2 Å². The predicted molar refractivity (Wildman–Crippen MR) is 127 cm³/mol. The Bertz CT molecular complexity index is 1610. The smallest absolute Gasteiger partial charge is 0.387 e. The van der Waals surface area contributed by atoms with Crippen molar-refractivity contribution >= 4 is 16.9 Å². The van der Waals surface area contributed by atoms with Crippen molar-refractivity contribution in [2.24, 2.45) is 0 Å². The summed E-state index contributed by atoms with van der Waals surface area (Å²) in [6.45, 7) is -4.32. The number of rotatable bonds is 3. The van der Waals surface area contributed by atoms with Gasteiger partial charge >= 0.3 is 6.61 Å². The van der Waals surface area contributed by atoms with E-state index in [4.69, 9.17) is 13.6 Å². The first-order valence-electron chi connectivity index (χ1n) is 13.5. The van der Waals surface area contributed by atoms with Crippen molar-refractivity contribution in [2.45, 2.75) is 36.8 Å². The SMILES string of the molecule is [2H]C([2H])([2H])N1C(=O)c2cccc(OC(F)F)c2[C@H]2C[C@@H]1c1nc3ccc(C#CC4(F)CN(C5COC5)C4)cc3n12. The van der Waals surface area contributed by atoms with Crippen LogP contribution >= 0.6 is 0 Å². The van der Waals surface area contributed by atoms with Crippen LogP contribution in [0.15, 0.2) is 36.4 Å². The number of carbonyl (C=O) groups is 1. The lowest BCUT2D eigenvalue weighted by molar-refractivity contribution is -0.122. The van der Waals surface area contributed by atoms with Crippen LogP contribution in [0.2, 0.25) is 0 Å². The first-order valence-corrected chi connectivity index (χ1v) is 12.0. The molecule has 4 aliphatic heterocycles. The van der Waals surface area contributed by atoms with Crippen molar-refractivity contribution in [1.82, 2.24) is 19.4 Å². The van der Waals surface area contributed by atoms with Gasteiger partial charge in [0.1, 0.15) is 11.6 Å². The number of halogens is 3. The van der Waals surface area contributed by atoms with Gasteiger partial charge in [-0.2, -0.15) is 8.78 Å². The Morgan fingerprint density at radius 1 is 1.24 bits per heavy atom. The van der Waals surface area contributed by atoms with Gasteiger partial charge in [-0.25, -0.2) is 9.37 Å². The first-order chi connectivity index (χ1) is 19.0. The van der Waals surface area contributed by atoms with Crippen molar-refractivity contribution in [3.63, 3.8) is 0 Å². The van der Waals surface area contributed by atoms with E-state index < -0.39 is 37.2 Å². The van der Waals surface area contributed by atoms with E-state index in [0.717, 1.165) is 4.90 Å². The normalized spacial score (nSPS) is 25.7. The zero-order chi connectivity index (χ0) is 28.0. The lowest BCUT2D eigenvalue weighted by Gasteiger charge is -2.48. The molecule has 1 aromatic heterocycles. The summed E-state index contributed by atoms with van der Waals surface area (Å²) in [5, 5.41) is 0. The number of fused-ring (bicyclic) bond motifs is 9. The Balaban J connectivity index is 1.33. The van der Waals surface area contributed by atoms with Crippen LogP contribution in [0.1, 0.15) is 49.9 Å². The number of nitrogens with zero attached hydrogens (tertiary/aromatic N) is 4. The molecule has 190 valence electrons. The molecule has 0 N–H and O–H groups in total. The zero-order valence-electron chi connectivity index (χ0n) is 22.5. The highest BCUT2D eigenvalue weighted by molar-refractivity contribution is 5.97. The molecule has 2 atom stereocenters. The van der Waals surface area contributed by atoms with Crippen LogP contribution in [0.25, 0.3) is 11.0 Å². The first kappa shape index (κ1) is 19.5. The van der Waals surface area contributed by atoms with Gasteiger partial charge in [-0.15, -0.1) is 0 Å². The monoisotopic (exact) mass is 511 g/mol. The van der Waals surface area contributed by atoms with E-state index in [9.17, 15) is 13.6 Å². The zero-order valence-corrected chi connectivity index (χ0v) is 19.5. The van der Waals surface area contributed by atoms with Gasteiger partial charge in [-0.05, 0) is 30.3 Å². The molecule has 5 heterocycles. The third-order valence-electron chi connectivity index (χ3n) is 7.62. The van der Waals surface area contributed by atoms with Crippen molar-refractivity contribution in [3.8, 4) is 17.6 Å². The third kappa shape index (κ3) is 3.45. The van der Waals surface area contributed by atoms with E-state index >= 15 is 4.39 Å². The van der Waals surface area contributed by atoms with E-state index in [-0.39, 0.29) is 42.4 Å². The lowest BCUT2D eigenvalue weighted by atomic mass is 9.93. The topological polar surface area (TPSA) is 59.8 Å². The largest absolute Gasteiger partial charge is 0.434 e. The Morgan fingerprint density at radius 2 is 2.08 bits per heavy atom. The molecular formula is C27H23F3N4O3. The summed E-state index contributed by atoms with van der Waals surface area (Å²) in [5.74, 6) is 4.99. The third-order valence-corrected chi connectivity index (χ3v) is 7.62. The van der Waals surface area contributed by atoms with E-state index in [0.29, 0.717) is 35.6 Å². The van der Waals surface area contributed by atoms with Gasteiger partial charge in [-0.1, -0.05) is 17.9 Å². The minimum absolute atomic E-state index is 0.0176. The summed E-state index contributed by atoms with van der Waals surface area (Å²) in [6, 6.07) is 7.89. The molecule has 10 heteroatoms. The Morgan fingerprint density at radius 3 is 2.81 bits per heavy atom. The number of hydrogen-bond acceptors (Lipinski definition) is 5. The molecule has 0 radical (unpaired) electrons. The highest BCUT2D eigenvalue weighted by atomic mass is 19.3. The minimum Gasteiger partial charge on any atom is -0.434 e. The molecule has 7 nitrogen and oxygen atoms in total. The fourth-order valence-electron chi connectivity index (χ4n) is 5.74. The summed E-state index contributed by atoms with van der Waals surface area (Å²) in [6.07, 6.45) is 0.114. The summed E-state index contributed by atoms with van der Waals surface area (Å²) < 4.78 is 77.9. The molecule has 2 bridgehead atoms. The molecule has 0 saturated carbocycles. The second-order valence-corrected chi connectivity index (χ2v) is 9.89. The summed E-state index contributed by atoms with van der Waals surface area (Å²) in [4.78, 5) is 21.0. The van der Waals surface area contributed by atoms with Crippen LogP contribution in [0.5, 0.6) is 5.75 Å². The number of ether oxygens (including phenoxy) is 2. The average Bonchev–Trinajstić information content (AvgIpc) is 3.32. The second-order valence-electron chi connectivity index (χ2n) is 9.89. The van der Waals surface area contributed by atoms with Gasteiger partial charge < -0.3 is 18.9 Å². The van der Waals surface area contributed by atoms with Crippen molar-refractivity contribution in [2.75, 3.05) is 33.3 Å². The van der Waals surface area contributed by atoms with Crippen molar-refractivity contribution in [3.05, 3.63) is 58.9 Å². The maximum atomic E-state index is 15.1. The quantitative estimate of drug-likeness (QED) is 0.504. The molecule has 2 fully saturated rings. The molecular weight excluding hydrogens is 485 g/mol. The number of amides is 1. The number of carbonyl (C=O) groups excluding carboxylic acids is 1. The van der Waals surface area contributed by atoms with Crippen LogP contribution in [0, 0.1) is 11.8 Å². The average molecular weight is 512 g/mol. The molecule has 4 aliphatic rings. The predicted octanol–water partition coefficient (Wildman–Crippen LogP) is 3.53. The summed E-state index contributed by atoms with van der Waals surface area (Å²) >= 11 is 0. The summed E-state index contributed by atoms with van der Waals surface area (Å²) in [5.41, 5.74) is 0.144. The highest BCUT2D eigenvalue weighted by Crippen LogP contribution is 2.50. The highest BCUT2D eigenvalue weighted by Gasteiger charge is 2.47. The van der Waals surface area contributed by atoms with Crippen molar-refractivity contribution in [1.29, 1.82) is 0 Å². The molecule has 0 unspecified atom stereocenters. The second kappa shape index (κ2) is 7.97. The van der Waals surface area contributed by atoms with E-state index in [1.54, 1.807) is 22.8 Å². The molecule has 2 aromatic carbocycles. The molecule has 0 aliphatic carbocycles. The summed E-state index contributed by atoms with van der Waals surface area (Å²) in [7, 11) is 0. The molecule has 7 rings (SSSR count). The molecule has 37 heavy (non-hydrogen) atoms. The van der Waals surface area contributed by atoms with Gasteiger partial charge in [-0.3, -0.25) is 9.69 Å². The standard InChI is InChI=1S/C27H23F3N4O3/c1-32-21-10-20(23-17(25(32)35)3-2-4-22(23)37-26(28)29)34-19-9-15(5-6-18(19)31-24(21)34)7-8-27(30)13-33(14-27)16-11-36-12-16/h2-6,9,16,20-21,26H,10-14H2,1H3/t20-,21-/m1/s1/i1D3. The number of benzene rings is 2. The number of likely N-dealkylation sites (tertiary alicyclic amines) is 1. The lowest BCUT2D eigenvalue weighted by Crippen LogP contribution is -2.65. The fourth-order valence-corrected chi connectivity index (χ4v) is 5.74. The Kier molecular flexibility index (Phi) is 4.21. The number of imidazole rings is 1. The van der Waals surface area contributed by atoms with Gasteiger partial charge in [0, 0.05) is 47.3 Å².